The lowest BCUT2D eigenvalue weighted by molar-refractivity contribution is 0.971. The molecule has 0 aliphatic rings. The van der Waals surface area contributed by atoms with Crippen LogP contribution in [-0.2, 0) is 6.42 Å². The van der Waals surface area contributed by atoms with Crippen LogP contribution >= 0.6 is 0 Å². The fraction of sp³-hybridized carbons (Fsp3) is 0.250. The predicted octanol–water partition coefficient (Wildman–Crippen LogP) is 1.95. The van der Waals surface area contributed by atoms with Crippen LogP contribution in [0.2, 0.25) is 0 Å². The Morgan fingerprint density at radius 1 is 1.73 bits per heavy atom. The third kappa shape index (κ3) is 1.22. The van der Waals surface area contributed by atoms with E-state index in [1.54, 1.807) is 6.08 Å². The van der Waals surface area contributed by atoms with Crippen LogP contribution in [0.25, 0.3) is 6.08 Å². The van der Waals surface area contributed by atoms with Crippen molar-refractivity contribution in [1.29, 1.82) is 0 Å². The molecule has 0 aromatic carbocycles. The van der Waals surface area contributed by atoms with E-state index in [1.807, 2.05) is 6.92 Å². The molecule has 0 fully saturated rings. The van der Waals surface area contributed by atoms with Crippen LogP contribution in [0.1, 0.15) is 18.3 Å². The van der Waals surface area contributed by atoms with E-state index in [4.69, 9.17) is 0 Å². The SMILES string of the molecule is C=Cc1n[nH]c(CC)c1N=C. The summed E-state index contributed by atoms with van der Waals surface area (Å²) in [5.41, 5.74) is 2.61. The van der Waals surface area contributed by atoms with Gasteiger partial charge < -0.3 is 0 Å². The summed E-state index contributed by atoms with van der Waals surface area (Å²) in [6, 6.07) is 0. The van der Waals surface area contributed by atoms with Gasteiger partial charge in [-0.2, -0.15) is 5.10 Å². The molecule has 0 aliphatic carbocycles. The van der Waals surface area contributed by atoms with Gasteiger partial charge in [0.25, 0.3) is 0 Å². The van der Waals surface area contributed by atoms with Gasteiger partial charge in [0.2, 0.25) is 0 Å². The second-order valence-electron chi connectivity index (χ2n) is 2.15. The van der Waals surface area contributed by atoms with E-state index < -0.39 is 0 Å². The summed E-state index contributed by atoms with van der Waals surface area (Å²) in [4.78, 5) is 3.86. The molecule has 3 heteroatoms. The highest BCUT2D eigenvalue weighted by molar-refractivity contribution is 5.63. The van der Waals surface area contributed by atoms with E-state index in [1.165, 1.54) is 0 Å². The molecule has 0 atom stereocenters. The zero-order valence-corrected chi connectivity index (χ0v) is 6.59. The smallest absolute Gasteiger partial charge is 0.110 e. The molecule has 1 aromatic heterocycles. The number of nitrogens with zero attached hydrogens (tertiary/aromatic N) is 2. The van der Waals surface area contributed by atoms with Crippen molar-refractivity contribution >= 4 is 18.5 Å². The minimum atomic E-state index is 0.775. The predicted molar refractivity (Wildman–Crippen MR) is 47.3 cm³/mol. The maximum absolute atomic E-state index is 4.00. The van der Waals surface area contributed by atoms with E-state index in [0.29, 0.717) is 0 Å². The molecular formula is C8H11N3. The van der Waals surface area contributed by atoms with Gasteiger partial charge in [0.05, 0.1) is 5.69 Å². The van der Waals surface area contributed by atoms with E-state index in [9.17, 15) is 0 Å². The lowest BCUT2D eigenvalue weighted by Gasteiger charge is -1.91. The second-order valence-corrected chi connectivity index (χ2v) is 2.15. The van der Waals surface area contributed by atoms with Crippen LogP contribution in [-0.4, -0.2) is 16.9 Å². The van der Waals surface area contributed by atoms with Gasteiger partial charge in [-0.15, -0.1) is 0 Å². The third-order valence-electron chi connectivity index (χ3n) is 1.54. The van der Waals surface area contributed by atoms with Crippen LogP contribution in [0.5, 0.6) is 0 Å². The maximum Gasteiger partial charge on any atom is 0.110 e. The second kappa shape index (κ2) is 3.14. The molecule has 1 aromatic rings. The van der Waals surface area contributed by atoms with Crippen molar-refractivity contribution in [2.75, 3.05) is 0 Å². The fourth-order valence-corrected chi connectivity index (χ4v) is 0.953. The van der Waals surface area contributed by atoms with Gasteiger partial charge in [-0.3, -0.25) is 10.1 Å². The Labute approximate surface area is 65.9 Å². The summed E-state index contributed by atoms with van der Waals surface area (Å²) >= 11 is 0. The number of aliphatic imine (C=N–C) groups is 1. The van der Waals surface area contributed by atoms with Crippen molar-refractivity contribution in [3.63, 3.8) is 0 Å². The highest BCUT2D eigenvalue weighted by atomic mass is 15.1. The van der Waals surface area contributed by atoms with Gasteiger partial charge in [0.15, 0.2) is 0 Å². The van der Waals surface area contributed by atoms with E-state index in [0.717, 1.165) is 23.5 Å². The molecule has 0 bridgehead atoms. The highest BCUT2D eigenvalue weighted by Gasteiger charge is 2.05. The number of aromatic amines is 1. The van der Waals surface area contributed by atoms with Crippen molar-refractivity contribution in [3.8, 4) is 0 Å². The number of hydrogen-bond donors (Lipinski definition) is 1. The molecule has 0 unspecified atom stereocenters. The highest BCUT2D eigenvalue weighted by Crippen LogP contribution is 2.22. The third-order valence-corrected chi connectivity index (χ3v) is 1.54. The van der Waals surface area contributed by atoms with Crippen molar-refractivity contribution < 1.29 is 0 Å². The van der Waals surface area contributed by atoms with Gasteiger partial charge in [-0.25, -0.2) is 0 Å². The average molecular weight is 149 g/mol. The van der Waals surface area contributed by atoms with Gasteiger partial charge >= 0.3 is 0 Å². The van der Waals surface area contributed by atoms with E-state index in [2.05, 4.69) is 28.5 Å². The molecule has 1 rings (SSSR count). The number of aryl methyl sites for hydroxylation is 1. The first-order chi connectivity index (χ1) is 5.33. The molecule has 1 heterocycles. The largest absolute Gasteiger partial charge is 0.280 e. The van der Waals surface area contributed by atoms with Crippen LogP contribution in [0.3, 0.4) is 0 Å². The molecule has 3 nitrogen and oxygen atoms in total. The van der Waals surface area contributed by atoms with Crippen molar-refractivity contribution in [2.45, 2.75) is 13.3 Å². The Morgan fingerprint density at radius 2 is 2.45 bits per heavy atom. The zero-order valence-electron chi connectivity index (χ0n) is 6.59. The summed E-state index contributed by atoms with van der Waals surface area (Å²) in [5.74, 6) is 0. The minimum Gasteiger partial charge on any atom is -0.280 e. The molecule has 0 saturated carbocycles. The fourth-order valence-electron chi connectivity index (χ4n) is 0.953. The Bertz CT molecular complexity index is 273. The lowest BCUT2D eigenvalue weighted by atomic mass is 10.2. The first-order valence-corrected chi connectivity index (χ1v) is 3.49. The molecule has 1 N–H and O–H groups in total. The standard InChI is InChI=1S/C8H11N3/c1-4-6-8(9-3)7(5-2)11-10-6/h4H,1,3,5H2,2H3,(H,10,11). The number of rotatable bonds is 3. The monoisotopic (exact) mass is 149 g/mol. The normalized spacial score (nSPS) is 9.55. The number of nitrogens with one attached hydrogen (secondary N) is 1. The number of aromatic nitrogens is 2. The molecule has 0 aliphatic heterocycles. The van der Waals surface area contributed by atoms with Crippen LogP contribution in [0.4, 0.5) is 5.69 Å². The van der Waals surface area contributed by atoms with Crippen molar-refractivity contribution in [1.82, 2.24) is 10.2 Å². The molecule has 58 valence electrons. The van der Waals surface area contributed by atoms with E-state index >= 15 is 0 Å². The van der Waals surface area contributed by atoms with Crippen LogP contribution in [0.15, 0.2) is 11.6 Å². The number of H-pyrrole nitrogens is 1. The quantitative estimate of drug-likeness (QED) is 0.655. The molecule has 0 radical (unpaired) electrons. The first kappa shape index (κ1) is 7.72. The molecular weight excluding hydrogens is 138 g/mol. The number of hydrogen-bond acceptors (Lipinski definition) is 2. The molecule has 0 spiro atoms. The summed E-state index contributed by atoms with van der Waals surface area (Å²) in [6.45, 7) is 9.12. The van der Waals surface area contributed by atoms with Crippen LogP contribution in [0, 0.1) is 0 Å². The zero-order chi connectivity index (χ0) is 8.27. The Hall–Kier alpha value is -1.38. The van der Waals surface area contributed by atoms with Gasteiger partial charge in [0, 0.05) is 0 Å². The molecule has 0 saturated heterocycles. The van der Waals surface area contributed by atoms with Gasteiger partial charge in [0.1, 0.15) is 11.4 Å². The van der Waals surface area contributed by atoms with E-state index in [-0.39, 0.29) is 0 Å². The minimum absolute atomic E-state index is 0.775. The summed E-state index contributed by atoms with van der Waals surface area (Å²) < 4.78 is 0. The molecule has 11 heavy (non-hydrogen) atoms. The summed E-state index contributed by atoms with van der Waals surface area (Å²) in [6.07, 6.45) is 2.55. The lowest BCUT2D eigenvalue weighted by Crippen LogP contribution is -1.78. The van der Waals surface area contributed by atoms with Crippen LogP contribution < -0.4 is 0 Å². The van der Waals surface area contributed by atoms with Gasteiger partial charge in [-0.1, -0.05) is 13.5 Å². The van der Waals surface area contributed by atoms with Gasteiger partial charge in [-0.05, 0) is 19.2 Å². The summed E-state index contributed by atoms with van der Waals surface area (Å²) in [7, 11) is 0. The molecule has 0 amide bonds. The Balaban J connectivity index is 3.18. The Morgan fingerprint density at radius 3 is 2.91 bits per heavy atom. The first-order valence-electron chi connectivity index (χ1n) is 3.49. The average Bonchev–Trinajstić information content (AvgIpc) is 2.45. The Kier molecular flexibility index (Phi) is 2.21. The maximum atomic E-state index is 4.00. The van der Waals surface area contributed by atoms with Crippen molar-refractivity contribution in [2.24, 2.45) is 4.99 Å². The topological polar surface area (TPSA) is 41.0 Å². The van der Waals surface area contributed by atoms with Crippen molar-refractivity contribution in [3.05, 3.63) is 18.0 Å². The summed E-state index contributed by atoms with van der Waals surface area (Å²) in [5, 5.41) is 6.87.